The molecule has 3 aromatic carbocycles. The summed E-state index contributed by atoms with van der Waals surface area (Å²) in [7, 11) is 0. The molecule has 0 amide bonds. The van der Waals surface area contributed by atoms with Gasteiger partial charge in [0.25, 0.3) is 0 Å². The summed E-state index contributed by atoms with van der Waals surface area (Å²) in [5, 5.41) is 1.63. The molecule has 0 atom stereocenters. The minimum atomic E-state index is -0.212. The SMILES string of the molecule is C=CCC1CCC(c2ccc3c(F)c(C#Cc4ccc(CCCC)cc4)ccc3c2)CC1. The molecule has 0 aliphatic heterocycles. The molecule has 0 bridgehead atoms. The first-order valence-corrected chi connectivity index (χ1v) is 12.1. The van der Waals surface area contributed by atoms with Crippen molar-refractivity contribution < 1.29 is 4.39 Å². The van der Waals surface area contributed by atoms with Crippen LogP contribution in [0.25, 0.3) is 10.8 Å². The van der Waals surface area contributed by atoms with Gasteiger partial charge in [0.15, 0.2) is 0 Å². The zero-order chi connectivity index (χ0) is 22.3. The Morgan fingerprint density at radius 1 is 0.969 bits per heavy atom. The molecular formula is C31H33F. The van der Waals surface area contributed by atoms with Crippen LogP contribution in [0, 0.1) is 23.6 Å². The fourth-order valence-corrected chi connectivity index (χ4v) is 4.90. The molecule has 1 saturated carbocycles. The first-order chi connectivity index (χ1) is 15.7. The smallest absolute Gasteiger partial charge is 0.146 e. The normalized spacial score (nSPS) is 18.2. The van der Waals surface area contributed by atoms with Gasteiger partial charge in [-0.25, -0.2) is 4.39 Å². The second kappa shape index (κ2) is 10.6. The lowest BCUT2D eigenvalue weighted by Crippen LogP contribution is -2.12. The summed E-state index contributed by atoms with van der Waals surface area (Å²) in [4.78, 5) is 0. The maximum Gasteiger partial charge on any atom is 0.146 e. The van der Waals surface area contributed by atoms with Crippen LogP contribution < -0.4 is 0 Å². The number of halogens is 1. The highest BCUT2D eigenvalue weighted by atomic mass is 19.1. The quantitative estimate of drug-likeness (QED) is 0.274. The van der Waals surface area contributed by atoms with E-state index in [0.29, 0.717) is 16.9 Å². The van der Waals surface area contributed by atoms with Gasteiger partial charge in [0, 0.05) is 10.9 Å². The van der Waals surface area contributed by atoms with E-state index in [2.05, 4.69) is 49.6 Å². The second-order valence-electron chi connectivity index (χ2n) is 9.20. The number of benzene rings is 3. The third-order valence-electron chi connectivity index (χ3n) is 6.91. The number of allylic oxidation sites excluding steroid dienone is 1. The summed E-state index contributed by atoms with van der Waals surface area (Å²) < 4.78 is 15.2. The molecule has 0 aromatic heterocycles. The Kier molecular flexibility index (Phi) is 7.43. The molecule has 4 rings (SSSR count). The molecule has 0 radical (unpaired) electrons. The Labute approximate surface area is 192 Å². The fraction of sp³-hybridized carbons (Fsp3) is 0.355. The Morgan fingerprint density at radius 2 is 1.75 bits per heavy atom. The molecule has 3 aromatic rings. The average Bonchev–Trinajstić information content (AvgIpc) is 2.83. The van der Waals surface area contributed by atoms with Crippen molar-refractivity contribution in [2.24, 2.45) is 5.92 Å². The molecule has 0 spiro atoms. The van der Waals surface area contributed by atoms with Crippen LogP contribution in [0.1, 0.15) is 80.0 Å². The molecular weight excluding hydrogens is 391 g/mol. The van der Waals surface area contributed by atoms with Gasteiger partial charge in [0.2, 0.25) is 0 Å². The third kappa shape index (κ3) is 5.31. The molecule has 1 heteroatoms. The minimum absolute atomic E-state index is 0.212. The van der Waals surface area contributed by atoms with Gasteiger partial charge in [0.1, 0.15) is 5.82 Å². The van der Waals surface area contributed by atoms with Gasteiger partial charge < -0.3 is 0 Å². The van der Waals surface area contributed by atoms with Crippen LogP contribution in [-0.4, -0.2) is 0 Å². The average molecular weight is 425 g/mol. The van der Waals surface area contributed by atoms with Gasteiger partial charge in [-0.15, -0.1) is 6.58 Å². The van der Waals surface area contributed by atoms with E-state index < -0.39 is 0 Å². The van der Waals surface area contributed by atoms with E-state index in [1.165, 1.54) is 49.7 Å². The fourth-order valence-electron chi connectivity index (χ4n) is 4.90. The number of unbranched alkanes of at least 4 members (excludes halogenated alkanes) is 1. The standard InChI is InChI=1S/C31H33F/c1-3-5-7-24-8-10-25(11-9-24)14-17-27-18-19-29-22-28(20-21-30(29)31(27)32)26-15-12-23(6-4-2)13-16-26/h4,8-11,18-23,26H,2-3,5-7,12-13,15-16H2,1H3. The van der Waals surface area contributed by atoms with Crippen LogP contribution in [0.2, 0.25) is 0 Å². The maximum absolute atomic E-state index is 15.2. The van der Waals surface area contributed by atoms with Crippen molar-refractivity contribution in [2.75, 3.05) is 0 Å². The number of aryl methyl sites for hydroxylation is 1. The number of rotatable bonds is 6. The molecule has 0 unspecified atom stereocenters. The Hall–Kier alpha value is -2.85. The monoisotopic (exact) mass is 424 g/mol. The first kappa shape index (κ1) is 22.3. The lowest BCUT2D eigenvalue weighted by molar-refractivity contribution is 0.328. The van der Waals surface area contributed by atoms with Gasteiger partial charge in [0.05, 0.1) is 5.56 Å². The molecule has 164 valence electrons. The highest BCUT2D eigenvalue weighted by Crippen LogP contribution is 2.38. The topological polar surface area (TPSA) is 0 Å². The molecule has 32 heavy (non-hydrogen) atoms. The van der Waals surface area contributed by atoms with Crippen molar-refractivity contribution in [3.05, 3.63) is 95.3 Å². The van der Waals surface area contributed by atoms with E-state index >= 15 is 4.39 Å². The third-order valence-corrected chi connectivity index (χ3v) is 6.91. The second-order valence-corrected chi connectivity index (χ2v) is 9.20. The van der Waals surface area contributed by atoms with Gasteiger partial charge >= 0.3 is 0 Å². The molecule has 0 N–H and O–H groups in total. The molecule has 1 aliphatic carbocycles. The maximum atomic E-state index is 15.2. The van der Waals surface area contributed by atoms with Crippen LogP contribution in [0.5, 0.6) is 0 Å². The zero-order valence-electron chi connectivity index (χ0n) is 19.2. The van der Waals surface area contributed by atoms with E-state index in [1.807, 2.05) is 36.4 Å². The summed E-state index contributed by atoms with van der Waals surface area (Å²) in [5.41, 5.74) is 4.06. The lowest BCUT2D eigenvalue weighted by Gasteiger charge is -2.28. The van der Waals surface area contributed by atoms with E-state index in [4.69, 9.17) is 0 Å². The van der Waals surface area contributed by atoms with E-state index in [-0.39, 0.29) is 5.82 Å². The summed E-state index contributed by atoms with van der Waals surface area (Å²) in [6.07, 6.45) is 11.6. The first-order valence-electron chi connectivity index (χ1n) is 12.1. The van der Waals surface area contributed by atoms with Gasteiger partial charge in [-0.05, 0) is 91.5 Å². The van der Waals surface area contributed by atoms with Crippen molar-refractivity contribution in [2.45, 2.75) is 64.2 Å². The summed E-state index contributed by atoms with van der Waals surface area (Å²) in [6, 6.07) is 18.4. The van der Waals surface area contributed by atoms with Crippen LogP contribution in [0.3, 0.4) is 0 Å². The van der Waals surface area contributed by atoms with Gasteiger partial charge in [-0.1, -0.05) is 67.7 Å². The lowest BCUT2D eigenvalue weighted by atomic mass is 9.77. The van der Waals surface area contributed by atoms with Gasteiger partial charge in [-0.2, -0.15) is 0 Å². The van der Waals surface area contributed by atoms with Crippen molar-refractivity contribution in [3.63, 3.8) is 0 Å². The van der Waals surface area contributed by atoms with Crippen molar-refractivity contribution in [1.82, 2.24) is 0 Å². The minimum Gasteiger partial charge on any atom is -0.205 e. The molecule has 1 aliphatic rings. The molecule has 0 heterocycles. The highest BCUT2D eigenvalue weighted by molar-refractivity contribution is 5.85. The Balaban J connectivity index is 1.49. The summed E-state index contributed by atoms with van der Waals surface area (Å²) >= 11 is 0. The van der Waals surface area contributed by atoms with Crippen LogP contribution >= 0.6 is 0 Å². The van der Waals surface area contributed by atoms with Crippen molar-refractivity contribution in [1.29, 1.82) is 0 Å². The highest BCUT2D eigenvalue weighted by Gasteiger charge is 2.22. The van der Waals surface area contributed by atoms with Crippen LogP contribution in [-0.2, 0) is 6.42 Å². The zero-order valence-corrected chi connectivity index (χ0v) is 19.2. The Morgan fingerprint density at radius 3 is 2.47 bits per heavy atom. The predicted molar refractivity (Wildman–Crippen MR) is 134 cm³/mol. The van der Waals surface area contributed by atoms with Crippen LogP contribution in [0.15, 0.2) is 67.3 Å². The van der Waals surface area contributed by atoms with E-state index in [1.54, 1.807) is 0 Å². The van der Waals surface area contributed by atoms with E-state index in [0.717, 1.165) is 29.7 Å². The van der Waals surface area contributed by atoms with Crippen LogP contribution in [0.4, 0.5) is 4.39 Å². The largest absolute Gasteiger partial charge is 0.205 e. The predicted octanol–water partition coefficient (Wildman–Crippen LogP) is 8.57. The molecule has 0 nitrogen and oxygen atoms in total. The van der Waals surface area contributed by atoms with E-state index in [9.17, 15) is 0 Å². The van der Waals surface area contributed by atoms with Gasteiger partial charge in [-0.3, -0.25) is 0 Å². The number of fused-ring (bicyclic) bond motifs is 1. The summed E-state index contributed by atoms with van der Waals surface area (Å²) in [6.45, 7) is 6.08. The van der Waals surface area contributed by atoms with Crippen molar-refractivity contribution in [3.8, 4) is 11.8 Å². The number of hydrogen-bond acceptors (Lipinski definition) is 0. The summed E-state index contributed by atoms with van der Waals surface area (Å²) in [5.74, 6) is 7.34. The van der Waals surface area contributed by atoms with Crippen molar-refractivity contribution >= 4 is 10.8 Å². The molecule has 1 fully saturated rings. The molecule has 0 saturated heterocycles. The Bertz CT molecular complexity index is 1120. The number of hydrogen-bond donors (Lipinski definition) is 0.